The highest BCUT2D eigenvalue weighted by molar-refractivity contribution is 6.74. The van der Waals surface area contributed by atoms with Crippen molar-refractivity contribution >= 4 is 14.3 Å². The Bertz CT molecular complexity index is 334. The predicted octanol–water partition coefficient (Wildman–Crippen LogP) is 2.32. The molecule has 0 saturated carbocycles. The summed E-state index contributed by atoms with van der Waals surface area (Å²) in [7, 11) is -1.99. The highest BCUT2D eigenvalue weighted by Crippen LogP contribution is 2.42. The summed E-state index contributed by atoms with van der Waals surface area (Å²) < 4.78 is 11.6. The normalized spacial score (nSPS) is 33.7. The van der Waals surface area contributed by atoms with E-state index in [-0.39, 0.29) is 29.6 Å². The molecule has 0 aliphatic carbocycles. The second-order valence-corrected chi connectivity index (χ2v) is 11.7. The van der Waals surface area contributed by atoms with Crippen LogP contribution in [0.1, 0.15) is 34.6 Å². The molecule has 0 spiro atoms. The van der Waals surface area contributed by atoms with Gasteiger partial charge >= 0.3 is 5.97 Å². The van der Waals surface area contributed by atoms with E-state index in [9.17, 15) is 9.90 Å². The Kier molecular flexibility index (Phi) is 4.02. The van der Waals surface area contributed by atoms with Gasteiger partial charge in [0.1, 0.15) is 0 Å². The van der Waals surface area contributed by atoms with Gasteiger partial charge in [0.2, 0.25) is 0 Å². The molecule has 1 heterocycles. The number of rotatable bonds is 3. The van der Waals surface area contributed by atoms with Gasteiger partial charge in [-0.2, -0.15) is 0 Å². The first kappa shape index (κ1) is 15.7. The molecule has 1 fully saturated rings. The minimum atomic E-state index is -1.99. The average Bonchev–Trinajstić information content (AvgIpc) is 2.41. The molecule has 1 N–H and O–H groups in total. The van der Waals surface area contributed by atoms with Crippen LogP contribution in [0.25, 0.3) is 0 Å². The van der Waals surface area contributed by atoms with Crippen molar-refractivity contribution in [3.05, 3.63) is 0 Å². The smallest absolute Gasteiger partial charge is 0.312 e. The van der Waals surface area contributed by atoms with Crippen LogP contribution in [0, 0.1) is 5.92 Å². The summed E-state index contributed by atoms with van der Waals surface area (Å²) in [5.41, 5.74) is -0.911. The summed E-state index contributed by atoms with van der Waals surface area (Å²) in [6.45, 7) is 14.1. The lowest BCUT2D eigenvalue weighted by Crippen LogP contribution is -2.52. The second kappa shape index (κ2) is 4.61. The largest absolute Gasteiger partial charge is 0.454 e. The fraction of sp³-hybridized carbons (Fsp3) is 0.923. The van der Waals surface area contributed by atoms with Gasteiger partial charge in [-0.1, -0.05) is 20.8 Å². The lowest BCUT2D eigenvalue weighted by molar-refractivity contribution is -0.153. The SMILES string of the molecule is C[C@@H]1C(=O)O[C@](C)(CO)[C@H]1O[Si](C)(C)C(C)(C)C. The molecular formula is C13H26O4Si. The third-order valence-electron chi connectivity index (χ3n) is 4.30. The van der Waals surface area contributed by atoms with Crippen LogP contribution in [0.2, 0.25) is 18.1 Å². The number of hydrogen-bond donors (Lipinski definition) is 1. The lowest BCUT2D eigenvalue weighted by Gasteiger charge is -2.41. The zero-order valence-corrected chi connectivity index (χ0v) is 13.5. The van der Waals surface area contributed by atoms with Gasteiger partial charge in [-0.25, -0.2) is 0 Å². The van der Waals surface area contributed by atoms with Crippen molar-refractivity contribution in [3.8, 4) is 0 Å². The third kappa shape index (κ3) is 2.63. The molecule has 0 aromatic rings. The lowest BCUT2D eigenvalue weighted by atomic mass is 9.94. The molecule has 0 bridgehead atoms. The minimum Gasteiger partial charge on any atom is -0.454 e. The van der Waals surface area contributed by atoms with Crippen LogP contribution in [-0.4, -0.2) is 37.7 Å². The van der Waals surface area contributed by atoms with E-state index in [2.05, 4.69) is 33.9 Å². The molecule has 3 atom stereocenters. The summed E-state index contributed by atoms with van der Waals surface area (Å²) in [5.74, 6) is -0.605. The maximum Gasteiger partial charge on any atom is 0.312 e. The highest BCUT2D eigenvalue weighted by atomic mass is 28.4. The van der Waals surface area contributed by atoms with Gasteiger partial charge in [-0.05, 0) is 32.0 Å². The number of cyclic esters (lactones) is 1. The molecule has 4 nitrogen and oxygen atoms in total. The Labute approximate surface area is 111 Å². The molecule has 18 heavy (non-hydrogen) atoms. The molecule has 106 valence electrons. The molecule has 0 unspecified atom stereocenters. The molecule has 1 saturated heterocycles. The minimum absolute atomic E-state index is 0.0642. The Balaban J connectivity index is 2.98. The van der Waals surface area contributed by atoms with Crippen molar-refractivity contribution in [3.63, 3.8) is 0 Å². The third-order valence-corrected chi connectivity index (χ3v) is 8.76. The van der Waals surface area contributed by atoms with Gasteiger partial charge in [-0.15, -0.1) is 0 Å². The van der Waals surface area contributed by atoms with Crippen LogP contribution < -0.4 is 0 Å². The summed E-state index contributed by atoms with van der Waals surface area (Å²) in [4.78, 5) is 11.7. The zero-order chi connectivity index (χ0) is 14.4. The van der Waals surface area contributed by atoms with E-state index < -0.39 is 13.9 Å². The maximum atomic E-state index is 11.7. The Morgan fingerprint density at radius 3 is 2.33 bits per heavy atom. The maximum absolute atomic E-state index is 11.7. The Morgan fingerprint density at radius 2 is 1.94 bits per heavy atom. The number of aliphatic hydroxyl groups excluding tert-OH is 1. The van der Waals surface area contributed by atoms with Crippen LogP contribution in [0.5, 0.6) is 0 Å². The van der Waals surface area contributed by atoms with Crippen LogP contribution in [0.15, 0.2) is 0 Å². The number of esters is 1. The van der Waals surface area contributed by atoms with Crippen molar-refractivity contribution in [2.24, 2.45) is 5.92 Å². The predicted molar refractivity (Wildman–Crippen MR) is 72.8 cm³/mol. The zero-order valence-electron chi connectivity index (χ0n) is 12.5. The van der Waals surface area contributed by atoms with Gasteiger partial charge in [0.05, 0.1) is 18.6 Å². The van der Waals surface area contributed by atoms with Crippen LogP contribution >= 0.6 is 0 Å². The molecular weight excluding hydrogens is 248 g/mol. The molecule has 0 radical (unpaired) electrons. The number of hydrogen-bond acceptors (Lipinski definition) is 4. The van der Waals surface area contributed by atoms with Crippen molar-refractivity contribution < 1.29 is 19.1 Å². The van der Waals surface area contributed by atoms with Crippen molar-refractivity contribution in [1.82, 2.24) is 0 Å². The molecule has 1 aliphatic rings. The number of aliphatic hydroxyl groups is 1. The first-order chi connectivity index (χ1) is 7.94. The van der Waals surface area contributed by atoms with Gasteiger partial charge in [-0.3, -0.25) is 4.79 Å². The highest BCUT2D eigenvalue weighted by Gasteiger charge is 2.54. The molecule has 0 amide bonds. The number of ether oxygens (including phenoxy) is 1. The van der Waals surface area contributed by atoms with Gasteiger partial charge in [0, 0.05) is 0 Å². The second-order valence-electron chi connectivity index (χ2n) is 6.98. The number of carbonyl (C=O) groups is 1. The Hall–Kier alpha value is -0.393. The van der Waals surface area contributed by atoms with Gasteiger partial charge in [0.25, 0.3) is 0 Å². The van der Waals surface area contributed by atoms with Crippen LogP contribution in [0.4, 0.5) is 0 Å². The standard InChI is InChI=1S/C13H26O4Si/c1-9-10(13(5,8-14)16-11(9)15)17-18(6,7)12(2,3)4/h9-10,14H,8H2,1-7H3/t9-,10-,13+/m0/s1. The van der Waals surface area contributed by atoms with Crippen LogP contribution in [-0.2, 0) is 14.0 Å². The van der Waals surface area contributed by atoms with E-state index in [1.54, 1.807) is 13.8 Å². The fourth-order valence-corrected chi connectivity index (χ4v) is 3.32. The van der Waals surface area contributed by atoms with Crippen molar-refractivity contribution in [2.75, 3.05) is 6.61 Å². The topological polar surface area (TPSA) is 55.8 Å². The van der Waals surface area contributed by atoms with Gasteiger partial charge in [0.15, 0.2) is 13.9 Å². The van der Waals surface area contributed by atoms with E-state index in [1.165, 1.54) is 0 Å². The molecule has 5 heteroatoms. The quantitative estimate of drug-likeness (QED) is 0.634. The van der Waals surface area contributed by atoms with E-state index in [4.69, 9.17) is 9.16 Å². The van der Waals surface area contributed by atoms with E-state index >= 15 is 0 Å². The van der Waals surface area contributed by atoms with Gasteiger partial charge < -0.3 is 14.3 Å². The molecule has 0 aromatic carbocycles. The van der Waals surface area contributed by atoms with E-state index in [1.807, 2.05) is 0 Å². The van der Waals surface area contributed by atoms with E-state index in [0.717, 1.165) is 0 Å². The molecule has 0 aromatic heterocycles. The first-order valence-electron chi connectivity index (χ1n) is 6.46. The van der Waals surface area contributed by atoms with Crippen molar-refractivity contribution in [2.45, 2.75) is 64.5 Å². The summed E-state index contributed by atoms with van der Waals surface area (Å²) in [6.07, 6.45) is -0.365. The number of carbonyl (C=O) groups excluding carboxylic acids is 1. The first-order valence-corrected chi connectivity index (χ1v) is 9.37. The monoisotopic (exact) mass is 274 g/mol. The average molecular weight is 274 g/mol. The van der Waals surface area contributed by atoms with E-state index in [0.29, 0.717) is 0 Å². The summed E-state index contributed by atoms with van der Waals surface area (Å²) >= 11 is 0. The fourth-order valence-electron chi connectivity index (χ4n) is 1.88. The van der Waals surface area contributed by atoms with Crippen LogP contribution in [0.3, 0.4) is 0 Å². The molecule has 1 rings (SSSR count). The summed E-state index contributed by atoms with van der Waals surface area (Å²) in [6, 6.07) is 0. The Morgan fingerprint density at radius 1 is 1.44 bits per heavy atom. The summed E-state index contributed by atoms with van der Waals surface area (Å²) in [5, 5.41) is 9.55. The van der Waals surface area contributed by atoms with Crippen molar-refractivity contribution in [1.29, 1.82) is 0 Å². The molecule has 1 aliphatic heterocycles.